The van der Waals surface area contributed by atoms with Gasteiger partial charge in [0.05, 0.1) is 0 Å². The number of Topliss-reactive ketones (excluding diaryl/α,β-unsaturated/α-hetero) is 1. The molecule has 0 spiro atoms. The number of anilines is 3. The summed E-state index contributed by atoms with van der Waals surface area (Å²) >= 11 is 0. The molecule has 3 aromatic heterocycles. The lowest BCUT2D eigenvalue weighted by molar-refractivity contribution is -0.112. The van der Waals surface area contributed by atoms with Gasteiger partial charge in [0.2, 0.25) is 0 Å². The average molecular weight is 530 g/mol. The van der Waals surface area contributed by atoms with Crippen LogP contribution in [-0.2, 0) is 4.79 Å². The zero-order chi connectivity index (χ0) is 27.6. The minimum Gasteiger partial charge on any atom is -0.368 e. The predicted octanol–water partition coefficient (Wildman–Crippen LogP) is 5.77. The van der Waals surface area contributed by atoms with Crippen molar-refractivity contribution in [1.82, 2.24) is 9.38 Å². The molecule has 4 heterocycles. The first-order valence-corrected chi connectivity index (χ1v) is 13.5. The van der Waals surface area contributed by atoms with Gasteiger partial charge < -0.3 is 19.5 Å². The molecule has 0 unspecified atom stereocenters. The Balaban J connectivity index is 1.17. The number of piperazine rings is 1. The third kappa shape index (κ3) is 4.82. The van der Waals surface area contributed by atoms with E-state index in [0.717, 1.165) is 59.9 Å². The molecule has 0 atom stereocenters. The molecule has 1 fully saturated rings. The lowest BCUT2D eigenvalue weighted by atomic mass is 9.99. The number of rotatable bonds is 6. The first-order valence-electron chi connectivity index (χ1n) is 13.5. The molecule has 7 nitrogen and oxygen atoms in total. The van der Waals surface area contributed by atoms with E-state index in [1.165, 1.54) is 5.56 Å². The molecule has 1 aliphatic heterocycles. The number of aryl methyl sites for hydroxylation is 2. The normalized spacial score (nSPS) is 13.4. The third-order valence-electron chi connectivity index (χ3n) is 7.58. The van der Waals surface area contributed by atoms with Gasteiger partial charge in [-0.3, -0.25) is 9.59 Å². The van der Waals surface area contributed by atoms with Gasteiger partial charge in [-0.25, -0.2) is 4.98 Å². The summed E-state index contributed by atoms with van der Waals surface area (Å²) in [5, 5.41) is 2.82. The highest BCUT2D eigenvalue weighted by atomic mass is 16.2. The Bertz CT molecular complexity index is 1680. The number of hydrogen-bond acceptors (Lipinski definition) is 5. The molecule has 0 saturated carbocycles. The van der Waals surface area contributed by atoms with Crippen LogP contribution in [0.2, 0.25) is 0 Å². The van der Waals surface area contributed by atoms with E-state index in [4.69, 9.17) is 0 Å². The quantitative estimate of drug-likeness (QED) is 0.224. The Kier molecular flexibility index (Phi) is 6.78. The largest absolute Gasteiger partial charge is 0.368 e. The van der Waals surface area contributed by atoms with Crippen LogP contribution in [0.4, 0.5) is 17.2 Å². The molecule has 40 heavy (non-hydrogen) atoms. The number of amides is 1. The van der Waals surface area contributed by atoms with Gasteiger partial charge in [0.15, 0.2) is 0 Å². The summed E-state index contributed by atoms with van der Waals surface area (Å²) in [5.41, 5.74) is 6.80. The van der Waals surface area contributed by atoms with Gasteiger partial charge in [0.1, 0.15) is 11.5 Å². The van der Waals surface area contributed by atoms with Crippen LogP contribution in [0.3, 0.4) is 0 Å². The van der Waals surface area contributed by atoms with E-state index in [1.807, 2.05) is 103 Å². The maximum absolute atomic E-state index is 13.6. The average Bonchev–Trinajstić information content (AvgIpc) is 3.30. The number of nitrogens with one attached hydrogen (secondary N) is 1. The molecule has 6 rings (SSSR count). The fraction of sp³-hybridized carbons (Fsp3) is 0.182. The second-order valence-corrected chi connectivity index (χ2v) is 10.2. The van der Waals surface area contributed by atoms with Crippen molar-refractivity contribution >= 4 is 34.4 Å². The number of ketones is 1. The number of carbonyl (C=O) groups is 2. The number of hydrogen-bond donors (Lipinski definition) is 1. The zero-order valence-corrected chi connectivity index (χ0v) is 22.7. The molecular weight excluding hydrogens is 498 g/mol. The summed E-state index contributed by atoms with van der Waals surface area (Å²) < 4.78 is 1.81. The summed E-state index contributed by atoms with van der Waals surface area (Å²) in [4.78, 5) is 36.0. The topological polar surface area (TPSA) is 70.0 Å². The van der Waals surface area contributed by atoms with Crippen molar-refractivity contribution in [3.63, 3.8) is 0 Å². The molecule has 1 amide bonds. The fourth-order valence-corrected chi connectivity index (χ4v) is 5.49. The number of nitrogens with zero attached hydrogens (tertiary/aromatic N) is 4. The van der Waals surface area contributed by atoms with Crippen LogP contribution in [0.1, 0.15) is 21.6 Å². The van der Waals surface area contributed by atoms with E-state index in [-0.39, 0.29) is 0 Å². The van der Waals surface area contributed by atoms with Gasteiger partial charge in [0, 0.05) is 61.0 Å². The van der Waals surface area contributed by atoms with E-state index in [0.29, 0.717) is 11.4 Å². The monoisotopic (exact) mass is 529 g/mol. The molecular formula is C33H31N5O2. The van der Waals surface area contributed by atoms with Crippen LogP contribution in [-0.4, -0.2) is 47.3 Å². The minimum atomic E-state index is -0.660. The van der Waals surface area contributed by atoms with Crippen molar-refractivity contribution in [2.24, 2.45) is 0 Å². The number of benzene rings is 2. The van der Waals surface area contributed by atoms with Crippen LogP contribution >= 0.6 is 0 Å². The highest BCUT2D eigenvalue weighted by Crippen LogP contribution is 2.33. The van der Waals surface area contributed by atoms with Crippen LogP contribution in [0.15, 0.2) is 97.3 Å². The Morgan fingerprint density at radius 1 is 0.800 bits per heavy atom. The Hall–Kier alpha value is -4.91. The van der Waals surface area contributed by atoms with Crippen LogP contribution in [0.25, 0.3) is 16.6 Å². The van der Waals surface area contributed by atoms with Gasteiger partial charge in [-0.05, 0) is 79.1 Å². The van der Waals surface area contributed by atoms with Gasteiger partial charge >= 0.3 is 0 Å². The molecule has 5 aromatic rings. The van der Waals surface area contributed by atoms with E-state index in [1.54, 1.807) is 0 Å². The molecule has 7 heteroatoms. The summed E-state index contributed by atoms with van der Waals surface area (Å²) in [6.45, 7) is 7.60. The standard InChI is InChI=1S/C33H31N5O2/c1-23-15-16-34-29(22-23)37-20-18-36(19-21-37)27-13-11-26(12-14-27)35-33(40)32(39)31-30(25-8-4-3-5-9-25)24(2)28-10-6-7-17-38(28)31/h3-17,22H,18-21H2,1-2H3,(H,35,40). The smallest absolute Gasteiger partial charge is 0.298 e. The highest BCUT2D eigenvalue weighted by molar-refractivity contribution is 6.47. The van der Waals surface area contributed by atoms with Crippen molar-refractivity contribution < 1.29 is 9.59 Å². The van der Waals surface area contributed by atoms with Gasteiger partial charge in [0.25, 0.3) is 11.7 Å². The summed E-state index contributed by atoms with van der Waals surface area (Å²) in [5.74, 6) is -0.214. The molecule has 200 valence electrons. The SMILES string of the molecule is Cc1ccnc(N2CCN(c3ccc(NC(=O)C(=O)c4c(-c5ccccc5)c(C)c5ccccn45)cc3)CC2)c1. The minimum absolute atomic E-state index is 0.370. The van der Waals surface area contributed by atoms with E-state index < -0.39 is 11.7 Å². The number of carbonyl (C=O) groups excluding carboxylic acids is 2. The van der Waals surface area contributed by atoms with Gasteiger partial charge in [-0.2, -0.15) is 0 Å². The molecule has 1 aliphatic rings. The molecule has 0 bridgehead atoms. The third-order valence-corrected chi connectivity index (χ3v) is 7.58. The van der Waals surface area contributed by atoms with Crippen molar-refractivity contribution in [2.45, 2.75) is 13.8 Å². The van der Waals surface area contributed by atoms with E-state index >= 15 is 0 Å². The Morgan fingerprint density at radius 2 is 1.50 bits per heavy atom. The first-order chi connectivity index (χ1) is 19.5. The molecule has 1 saturated heterocycles. The zero-order valence-electron chi connectivity index (χ0n) is 22.7. The van der Waals surface area contributed by atoms with Crippen LogP contribution < -0.4 is 15.1 Å². The van der Waals surface area contributed by atoms with Crippen LogP contribution in [0, 0.1) is 13.8 Å². The predicted molar refractivity (Wildman–Crippen MR) is 160 cm³/mol. The lowest BCUT2D eigenvalue weighted by Crippen LogP contribution is -2.46. The second kappa shape index (κ2) is 10.7. The molecule has 2 aromatic carbocycles. The van der Waals surface area contributed by atoms with Crippen molar-refractivity contribution in [1.29, 1.82) is 0 Å². The lowest BCUT2D eigenvalue weighted by Gasteiger charge is -2.36. The maximum atomic E-state index is 13.6. The van der Waals surface area contributed by atoms with Gasteiger partial charge in [-0.15, -0.1) is 0 Å². The van der Waals surface area contributed by atoms with Crippen LogP contribution in [0.5, 0.6) is 0 Å². The van der Waals surface area contributed by atoms with Gasteiger partial charge in [-0.1, -0.05) is 36.4 Å². The second-order valence-electron chi connectivity index (χ2n) is 10.2. The summed E-state index contributed by atoms with van der Waals surface area (Å²) in [6, 6.07) is 27.3. The van der Waals surface area contributed by atoms with E-state index in [9.17, 15) is 9.59 Å². The maximum Gasteiger partial charge on any atom is 0.298 e. The summed E-state index contributed by atoms with van der Waals surface area (Å²) in [6.07, 6.45) is 3.69. The first kappa shape index (κ1) is 25.4. The number of fused-ring (bicyclic) bond motifs is 1. The van der Waals surface area contributed by atoms with Crippen molar-refractivity contribution in [2.75, 3.05) is 41.3 Å². The molecule has 1 N–H and O–H groups in total. The molecule has 0 aliphatic carbocycles. The Morgan fingerprint density at radius 3 is 2.23 bits per heavy atom. The van der Waals surface area contributed by atoms with E-state index in [2.05, 4.69) is 33.1 Å². The number of aromatic nitrogens is 2. The van der Waals surface area contributed by atoms with Crippen molar-refractivity contribution in [3.05, 3.63) is 114 Å². The molecule has 0 radical (unpaired) electrons. The van der Waals surface area contributed by atoms with Crippen molar-refractivity contribution in [3.8, 4) is 11.1 Å². The Labute approximate surface area is 233 Å². The fourth-order valence-electron chi connectivity index (χ4n) is 5.49. The summed E-state index contributed by atoms with van der Waals surface area (Å²) in [7, 11) is 0. The highest BCUT2D eigenvalue weighted by Gasteiger charge is 2.27. The number of pyridine rings is 2.